The van der Waals surface area contributed by atoms with E-state index in [4.69, 9.17) is 27.9 Å². The second kappa shape index (κ2) is 6.60. The topological polar surface area (TPSA) is 84.1 Å². The SMILES string of the molecule is COCc1nc2ccc(NS(=O)(=O)c3cc(Cl)ccc3Cl)cc2[nH]1. The van der Waals surface area contributed by atoms with Crippen LogP contribution in [0.4, 0.5) is 5.69 Å². The van der Waals surface area contributed by atoms with Gasteiger partial charge in [0.2, 0.25) is 0 Å². The Morgan fingerprint density at radius 1 is 1.21 bits per heavy atom. The number of methoxy groups -OCH3 is 1. The first-order valence-corrected chi connectivity index (χ1v) is 9.08. The highest BCUT2D eigenvalue weighted by Crippen LogP contribution is 2.27. The van der Waals surface area contributed by atoms with Crippen molar-refractivity contribution in [2.75, 3.05) is 11.8 Å². The molecule has 0 radical (unpaired) electrons. The minimum atomic E-state index is -3.86. The number of H-pyrrole nitrogens is 1. The summed E-state index contributed by atoms with van der Waals surface area (Å²) in [5.41, 5.74) is 1.79. The van der Waals surface area contributed by atoms with Crippen molar-refractivity contribution in [3.05, 3.63) is 52.3 Å². The number of aromatic nitrogens is 2. The van der Waals surface area contributed by atoms with Crippen LogP contribution in [-0.4, -0.2) is 25.5 Å². The average molecular weight is 386 g/mol. The molecule has 0 saturated carbocycles. The number of halogens is 2. The van der Waals surface area contributed by atoms with E-state index in [9.17, 15) is 8.42 Å². The van der Waals surface area contributed by atoms with Gasteiger partial charge in [0.1, 0.15) is 17.3 Å². The number of rotatable bonds is 5. The van der Waals surface area contributed by atoms with Gasteiger partial charge in [-0.2, -0.15) is 0 Å². The molecule has 6 nitrogen and oxygen atoms in total. The fraction of sp³-hybridized carbons (Fsp3) is 0.133. The number of anilines is 1. The molecule has 24 heavy (non-hydrogen) atoms. The van der Waals surface area contributed by atoms with Crippen LogP contribution in [0.1, 0.15) is 5.82 Å². The molecule has 0 aliphatic rings. The van der Waals surface area contributed by atoms with Gasteiger partial charge in [0, 0.05) is 12.1 Å². The van der Waals surface area contributed by atoms with E-state index in [0.29, 0.717) is 29.2 Å². The number of nitrogens with one attached hydrogen (secondary N) is 2. The van der Waals surface area contributed by atoms with Crippen molar-refractivity contribution in [3.63, 3.8) is 0 Å². The monoisotopic (exact) mass is 385 g/mol. The zero-order valence-corrected chi connectivity index (χ0v) is 14.8. The van der Waals surface area contributed by atoms with Gasteiger partial charge in [-0.15, -0.1) is 0 Å². The predicted molar refractivity (Wildman–Crippen MR) is 94.1 cm³/mol. The Morgan fingerprint density at radius 3 is 2.75 bits per heavy atom. The van der Waals surface area contributed by atoms with Crippen LogP contribution in [0.2, 0.25) is 10.0 Å². The molecule has 0 unspecified atom stereocenters. The van der Waals surface area contributed by atoms with Gasteiger partial charge in [0.25, 0.3) is 10.0 Å². The van der Waals surface area contributed by atoms with Crippen molar-refractivity contribution in [2.24, 2.45) is 0 Å². The number of ether oxygens (including phenoxy) is 1. The number of benzene rings is 2. The smallest absolute Gasteiger partial charge is 0.263 e. The van der Waals surface area contributed by atoms with Crippen LogP contribution in [0.25, 0.3) is 11.0 Å². The summed E-state index contributed by atoms with van der Waals surface area (Å²) in [6, 6.07) is 9.25. The molecule has 0 fully saturated rings. The summed E-state index contributed by atoms with van der Waals surface area (Å²) in [6.45, 7) is 0.341. The van der Waals surface area contributed by atoms with Crippen molar-refractivity contribution >= 4 is 49.9 Å². The third-order valence-corrected chi connectivity index (χ3v) is 5.34. The van der Waals surface area contributed by atoms with Gasteiger partial charge >= 0.3 is 0 Å². The Morgan fingerprint density at radius 2 is 2.00 bits per heavy atom. The molecule has 0 spiro atoms. The third kappa shape index (κ3) is 3.49. The summed E-state index contributed by atoms with van der Waals surface area (Å²) in [6.07, 6.45) is 0. The van der Waals surface area contributed by atoms with Crippen molar-refractivity contribution in [3.8, 4) is 0 Å². The number of hydrogen-bond donors (Lipinski definition) is 2. The summed E-state index contributed by atoms with van der Waals surface area (Å²) < 4.78 is 32.5. The lowest BCUT2D eigenvalue weighted by Crippen LogP contribution is -2.13. The molecule has 0 saturated heterocycles. The summed E-state index contributed by atoms with van der Waals surface area (Å²) in [4.78, 5) is 7.31. The van der Waals surface area contributed by atoms with E-state index >= 15 is 0 Å². The Balaban J connectivity index is 1.94. The van der Waals surface area contributed by atoms with Crippen LogP contribution < -0.4 is 4.72 Å². The number of imidazole rings is 1. The van der Waals surface area contributed by atoms with Gasteiger partial charge in [0.15, 0.2) is 0 Å². The minimum absolute atomic E-state index is 0.0820. The van der Waals surface area contributed by atoms with E-state index in [2.05, 4.69) is 14.7 Å². The molecule has 3 rings (SSSR count). The minimum Gasteiger partial charge on any atom is -0.377 e. The first kappa shape index (κ1) is 17.0. The molecule has 2 N–H and O–H groups in total. The number of hydrogen-bond acceptors (Lipinski definition) is 4. The lowest BCUT2D eigenvalue weighted by atomic mass is 10.3. The van der Waals surface area contributed by atoms with Crippen molar-refractivity contribution in [2.45, 2.75) is 11.5 Å². The molecule has 0 aliphatic carbocycles. The molecule has 1 aromatic heterocycles. The molecule has 0 amide bonds. The van der Waals surface area contributed by atoms with Gasteiger partial charge in [-0.25, -0.2) is 13.4 Å². The summed E-state index contributed by atoms with van der Waals surface area (Å²) in [7, 11) is -2.29. The van der Waals surface area contributed by atoms with E-state index in [0.717, 1.165) is 0 Å². The van der Waals surface area contributed by atoms with Crippen molar-refractivity contribution in [1.82, 2.24) is 9.97 Å². The molecule has 0 atom stereocenters. The summed E-state index contributed by atoms with van der Waals surface area (Å²) >= 11 is 11.8. The van der Waals surface area contributed by atoms with Gasteiger partial charge in [0.05, 0.1) is 21.7 Å². The van der Waals surface area contributed by atoms with E-state index in [1.807, 2.05) is 0 Å². The molecule has 126 valence electrons. The van der Waals surface area contributed by atoms with Crippen LogP contribution in [0.15, 0.2) is 41.3 Å². The summed E-state index contributed by atoms with van der Waals surface area (Å²) in [5, 5.41) is 0.380. The maximum absolute atomic E-state index is 12.5. The van der Waals surface area contributed by atoms with Crippen LogP contribution in [0.3, 0.4) is 0 Å². The first-order chi connectivity index (χ1) is 11.4. The van der Waals surface area contributed by atoms with Crippen LogP contribution in [-0.2, 0) is 21.4 Å². The number of sulfonamides is 1. The fourth-order valence-electron chi connectivity index (χ4n) is 2.22. The van der Waals surface area contributed by atoms with Gasteiger partial charge in [-0.1, -0.05) is 23.2 Å². The Labute approximate surface area is 148 Å². The van der Waals surface area contributed by atoms with Gasteiger partial charge in [-0.3, -0.25) is 4.72 Å². The molecule has 2 aromatic carbocycles. The van der Waals surface area contributed by atoms with E-state index in [1.165, 1.54) is 18.2 Å². The number of nitrogens with zero attached hydrogens (tertiary/aromatic N) is 1. The van der Waals surface area contributed by atoms with Gasteiger partial charge in [-0.05, 0) is 36.4 Å². The zero-order valence-electron chi connectivity index (χ0n) is 12.5. The molecular weight excluding hydrogens is 373 g/mol. The maximum Gasteiger partial charge on any atom is 0.263 e. The van der Waals surface area contributed by atoms with E-state index in [1.54, 1.807) is 25.3 Å². The maximum atomic E-state index is 12.5. The van der Waals surface area contributed by atoms with E-state index in [-0.39, 0.29) is 14.9 Å². The standard InChI is InChI=1S/C15H13Cl2N3O3S/c1-23-8-15-18-12-5-3-10(7-13(12)19-15)20-24(21,22)14-6-9(16)2-4-11(14)17/h2-7,20H,8H2,1H3,(H,18,19). The number of aromatic amines is 1. The largest absolute Gasteiger partial charge is 0.377 e. The first-order valence-electron chi connectivity index (χ1n) is 6.84. The highest BCUT2D eigenvalue weighted by atomic mass is 35.5. The number of fused-ring (bicyclic) bond motifs is 1. The highest BCUT2D eigenvalue weighted by molar-refractivity contribution is 7.92. The molecular formula is C15H13Cl2N3O3S. The Kier molecular flexibility index (Phi) is 4.69. The normalized spacial score (nSPS) is 11.8. The summed E-state index contributed by atoms with van der Waals surface area (Å²) in [5.74, 6) is 0.658. The molecule has 9 heteroatoms. The van der Waals surface area contributed by atoms with Crippen LogP contribution in [0, 0.1) is 0 Å². The zero-order chi connectivity index (χ0) is 17.3. The lowest BCUT2D eigenvalue weighted by molar-refractivity contribution is 0.179. The van der Waals surface area contributed by atoms with Crippen LogP contribution in [0.5, 0.6) is 0 Å². The highest BCUT2D eigenvalue weighted by Gasteiger charge is 2.19. The van der Waals surface area contributed by atoms with Crippen molar-refractivity contribution < 1.29 is 13.2 Å². The lowest BCUT2D eigenvalue weighted by Gasteiger charge is -2.09. The van der Waals surface area contributed by atoms with Crippen LogP contribution >= 0.6 is 23.2 Å². The quantitative estimate of drug-likeness (QED) is 0.698. The van der Waals surface area contributed by atoms with E-state index < -0.39 is 10.0 Å². The predicted octanol–water partition coefficient (Wildman–Crippen LogP) is 3.82. The van der Waals surface area contributed by atoms with Crippen molar-refractivity contribution in [1.29, 1.82) is 0 Å². The molecule has 3 aromatic rings. The average Bonchev–Trinajstić information content (AvgIpc) is 2.91. The second-order valence-corrected chi connectivity index (χ2v) is 7.52. The fourth-order valence-corrected chi connectivity index (χ4v) is 4.04. The molecule has 1 heterocycles. The second-order valence-electron chi connectivity index (χ2n) is 5.03. The Hall–Kier alpha value is -1.80. The molecule has 0 bridgehead atoms. The van der Waals surface area contributed by atoms with Gasteiger partial charge < -0.3 is 9.72 Å². The Bertz CT molecular complexity index is 1000. The third-order valence-electron chi connectivity index (χ3n) is 3.25. The molecule has 0 aliphatic heterocycles.